The van der Waals surface area contributed by atoms with Crippen molar-refractivity contribution in [2.45, 2.75) is 19.1 Å². The maximum atomic E-state index is 5.02. The topological polar surface area (TPSA) is 38.4 Å². The van der Waals surface area contributed by atoms with Gasteiger partial charge in [-0.2, -0.15) is 16.9 Å². The molecule has 0 aromatic carbocycles. The molecule has 3 heteroatoms. The lowest BCUT2D eigenvalue weighted by Crippen LogP contribution is -2.10. The van der Waals surface area contributed by atoms with Crippen LogP contribution in [0.4, 0.5) is 0 Å². The SMILES string of the molecule is CSC(C)C(C)=NN. The Morgan fingerprint density at radius 1 is 1.75 bits per heavy atom. The quantitative estimate of drug-likeness (QED) is 0.347. The van der Waals surface area contributed by atoms with Crippen molar-refractivity contribution in [1.82, 2.24) is 0 Å². The van der Waals surface area contributed by atoms with Gasteiger partial charge in [-0.3, -0.25) is 0 Å². The molecule has 0 aromatic rings. The highest BCUT2D eigenvalue weighted by Crippen LogP contribution is 2.05. The minimum Gasteiger partial charge on any atom is -0.323 e. The summed E-state index contributed by atoms with van der Waals surface area (Å²) in [5.41, 5.74) is 0.998. The zero-order valence-electron chi connectivity index (χ0n) is 5.51. The Bertz CT molecular complexity index is 90.4. The standard InChI is InChI=1S/C5H12N2S/c1-4(7-6)5(2)8-3/h5H,6H2,1-3H3. The maximum absolute atomic E-state index is 5.02. The summed E-state index contributed by atoms with van der Waals surface area (Å²) >= 11 is 1.75. The van der Waals surface area contributed by atoms with Gasteiger partial charge in [0.2, 0.25) is 0 Å². The second-order valence-corrected chi connectivity index (χ2v) is 2.83. The highest BCUT2D eigenvalue weighted by molar-refractivity contribution is 7.99. The molecule has 2 N–H and O–H groups in total. The molecule has 0 bridgehead atoms. The van der Waals surface area contributed by atoms with Gasteiger partial charge in [-0.1, -0.05) is 0 Å². The van der Waals surface area contributed by atoms with Gasteiger partial charge in [0.05, 0.1) is 0 Å². The van der Waals surface area contributed by atoms with E-state index in [1.807, 2.05) is 13.2 Å². The third-order valence-electron chi connectivity index (χ3n) is 1.15. The molecular weight excluding hydrogens is 120 g/mol. The molecule has 1 unspecified atom stereocenters. The predicted octanol–water partition coefficient (Wildman–Crippen LogP) is 1.07. The van der Waals surface area contributed by atoms with Crippen LogP contribution in [0.15, 0.2) is 5.10 Å². The van der Waals surface area contributed by atoms with Crippen molar-refractivity contribution < 1.29 is 0 Å². The van der Waals surface area contributed by atoms with Crippen LogP contribution in [0.1, 0.15) is 13.8 Å². The lowest BCUT2D eigenvalue weighted by Gasteiger charge is -2.03. The summed E-state index contributed by atoms with van der Waals surface area (Å²) in [5, 5.41) is 4.01. The number of hydrogen-bond donors (Lipinski definition) is 1. The van der Waals surface area contributed by atoms with Crippen molar-refractivity contribution in [3.05, 3.63) is 0 Å². The molecule has 0 rings (SSSR count). The van der Waals surface area contributed by atoms with Gasteiger partial charge in [0, 0.05) is 11.0 Å². The first-order valence-electron chi connectivity index (χ1n) is 2.49. The average Bonchev–Trinajstić information content (AvgIpc) is 1.84. The van der Waals surface area contributed by atoms with Gasteiger partial charge in [0.1, 0.15) is 0 Å². The largest absolute Gasteiger partial charge is 0.323 e. The zero-order chi connectivity index (χ0) is 6.57. The van der Waals surface area contributed by atoms with Gasteiger partial charge < -0.3 is 5.84 Å². The van der Waals surface area contributed by atoms with Gasteiger partial charge in [-0.15, -0.1) is 0 Å². The summed E-state index contributed by atoms with van der Waals surface area (Å²) in [5.74, 6) is 5.02. The maximum Gasteiger partial charge on any atom is 0.0471 e. The molecule has 8 heavy (non-hydrogen) atoms. The highest BCUT2D eigenvalue weighted by atomic mass is 32.2. The summed E-state index contributed by atoms with van der Waals surface area (Å²) in [6, 6.07) is 0. The molecule has 0 saturated heterocycles. The van der Waals surface area contributed by atoms with Gasteiger partial charge in [-0.25, -0.2) is 0 Å². The Morgan fingerprint density at radius 3 is 2.38 bits per heavy atom. The molecule has 0 aromatic heterocycles. The second-order valence-electron chi connectivity index (χ2n) is 1.65. The van der Waals surface area contributed by atoms with Crippen LogP contribution < -0.4 is 5.84 Å². The molecule has 1 atom stereocenters. The van der Waals surface area contributed by atoms with E-state index in [1.165, 1.54) is 0 Å². The van der Waals surface area contributed by atoms with E-state index in [2.05, 4.69) is 12.0 Å². The van der Waals surface area contributed by atoms with Crippen LogP contribution in [-0.4, -0.2) is 17.2 Å². The van der Waals surface area contributed by atoms with Gasteiger partial charge in [0.15, 0.2) is 0 Å². The van der Waals surface area contributed by atoms with Gasteiger partial charge in [-0.05, 0) is 20.1 Å². The Morgan fingerprint density at radius 2 is 2.25 bits per heavy atom. The van der Waals surface area contributed by atoms with Gasteiger partial charge >= 0.3 is 0 Å². The smallest absolute Gasteiger partial charge is 0.0471 e. The van der Waals surface area contributed by atoms with Crippen LogP contribution in [-0.2, 0) is 0 Å². The zero-order valence-corrected chi connectivity index (χ0v) is 6.33. The first-order valence-corrected chi connectivity index (χ1v) is 3.78. The fraction of sp³-hybridized carbons (Fsp3) is 0.800. The molecular formula is C5H12N2S. The molecule has 0 aliphatic heterocycles. The molecule has 0 saturated carbocycles. The lowest BCUT2D eigenvalue weighted by molar-refractivity contribution is 1.17. The monoisotopic (exact) mass is 132 g/mol. The Kier molecular flexibility index (Phi) is 3.69. The Labute approximate surface area is 54.5 Å². The fourth-order valence-electron chi connectivity index (χ4n) is 0.276. The van der Waals surface area contributed by atoms with Crippen LogP contribution in [0.2, 0.25) is 0 Å². The van der Waals surface area contributed by atoms with Crippen molar-refractivity contribution >= 4 is 17.5 Å². The molecule has 0 amide bonds. The van der Waals surface area contributed by atoms with Crippen molar-refractivity contribution in [2.75, 3.05) is 6.26 Å². The number of rotatable bonds is 2. The normalized spacial score (nSPS) is 16.1. The molecule has 0 aliphatic carbocycles. The van der Waals surface area contributed by atoms with Gasteiger partial charge in [0.25, 0.3) is 0 Å². The summed E-state index contributed by atoms with van der Waals surface area (Å²) in [6.07, 6.45) is 2.04. The molecule has 2 nitrogen and oxygen atoms in total. The summed E-state index contributed by atoms with van der Waals surface area (Å²) in [7, 11) is 0. The van der Waals surface area contributed by atoms with Crippen LogP contribution in [0.5, 0.6) is 0 Å². The second kappa shape index (κ2) is 3.78. The first-order chi connectivity index (χ1) is 3.72. The molecule has 0 heterocycles. The fourth-order valence-corrected chi connectivity index (χ4v) is 0.677. The predicted molar refractivity (Wildman–Crippen MR) is 40.3 cm³/mol. The number of hydrogen-bond acceptors (Lipinski definition) is 3. The lowest BCUT2D eigenvalue weighted by atomic mass is 10.3. The first kappa shape index (κ1) is 7.82. The number of nitrogens with zero attached hydrogens (tertiary/aromatic N) is 1. The molecule has 0 aliphatic rings. The van der Waals surface area contributed by atoms with E-state index in [-0.39, 0.29) is 0 Å². The summed E-state index contributed by atoms with van der Waals surface area (Å²) in [6.45, 7) is 4.01. The third-order valence-corrected chi connectivity index (χ3v) is 2.19. The van der Waals surface area contributed by atoms with Crippen LogP contribution in [0.25, 0.3) is 0 Å². The Balaban J connectivity index is 3.63. The van der Waals surface area contributed by atoms with Crippen LogP contribution in [0, 0.1) is 0 Å². The summed E-state index contributed by atoms with van der Waals surface area (Å²) in [4.78, 5) is 0. The van der Waals surface area contributed by atoms with Crippen molar-refractivity contribution in [1.29, 1.82) is 0 Å². The van der Waals surface area contributed by atoms with E-state index in [4.69, 9.17) is 5.84 Å². The minimum atomic E-state index is 0.458. The van der Waals surface area contributed by atoms with E-state index >= 15 is 0 Å². The van der Waals surface area contributed by atoms with Crippen molar-refractivity contribution in [3.8, 4) is 0 Å². The highest BCUT2D eigenvalue weighted by Gasteiger charge is 2.00. The molecule has 0 radical (unpaired) electrons. The molecule has 48 valence electrons. The minimum absolute atomic E-state index is 0.458. The average molecular weight is 132 g/mol. The number of hydrazone groups is 1. The van der Waals surface area contributed by atoms with E-state index < -0.39 is 0 Å². The molecule has 0 spiro atoms. The summed E-state index contributed by atoms with van der Waals surface area (Å²) < 4.78 is 0. The third kappa shape index (κ3) is 2.21. The number of thioether (sulfide) groups is 1. The van der Waals surface area contributed by atoms with E-state index in [9.17, 15) is 0 Å². The van der Waals surface area contributed by atoms with Crippen LogP contribution >= 0.6 is 11.8 Å². The van der Waals surface area contributed by atoms with E-state index in [0.29, 0.717) is 5.25 Å². The number of nitrogens with two attached hydrogens (primary N) is 1. The van der Waals surface area contributed by atoms with Crippen LogP contribution in [0.3, 0.4) is 0 Å². The van der Waals surface area contributed by atoms with Crippen molar-refractivity contribution in [3.63, 3.8) is 0 Å². The molecule has 0 fully saturated rings. The Hall–Kier alpha value is -0.180. The van der Waals surface area contributed by atoms with Crippen molar-refractivity contribution in [2.24, 2.45) is 10.9 Å². The van der Waals surface area contributed by atoms with E-state index in [0.717, 1.165) is 5.71 Å². The van der Waals surface area contributed by atoms with E-state index in [1.54, 1.807) is 11.8 Å².